The molecule has 1 unspecified atom stereocenters. The van der Waals surface area contributed by atoms with Gasteiger partial charge in [-0.15, -0.1) is 0 Å². The lowest BCUT2D eigenvalue weighted by Gasteiger charge is -2.09. The van der Waals surface area contributed by atoms with Gasteiger partial charge in [0.25, 0.3) is 0 Å². The molecule has 0 aliphatic heterocycles. The second kappa shape index (κ2) is 5.20. The van der Waals surface area contributed by atoms with E-state index in [1.165, 1.54) is 0 Å². The zero-order valence-electron chi connectivity index (χ0n) is 6.13. The van der Waals surface area contributed by atoms with Crippen LogP contribution in [0.3, 0.4) is 0 Å². The van der Waals surface area contributed by atoms with Crippen LogP contribution in [0.5, 0.6) is 0 Å². The third-order valence-corrected chi connectivity index (χ3v) is 1.12. The van der Waals surface area contributed by atoms with Crippen LogP contribution in [0.25, 0.3) is 0 Å². The number of carboxylic acid groups (broad SMARTS) is 1. The Morgan fingerprint density at radius 3 is 2.80 bits per heavy atom. The second-order valence-electron chi connectivity index (χ2n) is 2.17. The smallest absolute Gasteiger partial charge is 0.317 e. The van der Waals surface area contributed by atoms with E-state index in [0.29, 0.717) is 0 Å². The Bertz CT molecular complexity index is 106. The highest BCUT2D eigenvalue weighted by Gasteiger charge is 2.01. The Labute approximate surface area is 60.4 Å². The molecule has 0 aromatic carbocycles. The molecule has 0 rings (SSSR count). The van der Waals surface area contributed by atoms with Gasteiger partial charge in [-0.2, -0.15) is 0 Å². The molecule has 0 fully saturated rings. The molecule has 0 amide bonds. The van der Waals surface area contributed by atoms with Gasteiger partial charge in [0.2, 0.25) is 0 Å². The van der Waals surface area contributed by atoms with Crippen molar-refractivity contribution in [1.29, 1.82) is 0 Å². The molecule has 0 radical (unpaired) electrons. The number of nitrogens with one attached hydrogen (secondary N) is 1. The van der Waals surface area contributed by atoms with Crippen molar-refractivity contribution < 1.29 is 9.90 Å². The molecule has 0 aromatic rings. The molecule has 0 bridgehead atoms. The molecule has 0 aliphatic carbocycles. The van der Waals surface area contributed by atoms with Crippen LogP contribution in [0, 0.1) is 0 Å². The average molecular weight is 146 g/mol. The van der Waals surface area contributed by atoms with Gasteiger partial charge in [0.15, 0.2) is 0 Å². The van der Waals surface area contributed by atoms with Crippen molar-refractivity contribution in [1.82, 2.24) is 5.32 Å². The molecule has 60 valence electrons. The van der Waals surface area contributed by atoms with Crippen LogP contribution in [0.1, 0.15) is 19.8 Å². The minimum atomic E-state index is -0.869. The minimum Gasteiger partial charge on any atom is -0.480 e. The Kier molecular flexibility index (Phi) is 4.88. The Morgan fingerprint density at radius 2 is 2.40 bits per heavy atom. The number of carbonyl (C=O) groups is 1. The molecule has 0 heterocycles. The van der Waals surface area contributed by atoms with Gasteiger partial charge in [0, 0.05) is 0 Å². The van der Waals surface area contributed by atoms with E-state index in [1.54, 1.807) is 0 Å². The summed E-state index contributed by atoms with van der Waals surface area (Å²) in [5, 5.41) is 10.9. The molecule has 0 saturated carbocycles. The summed E-state index contributed by atoms with van der Waals surface area (Å²) in [6.45, 7) is 1.95. The monoisotopic (exact) mass is 146 g/mol. The fraction of sp³-hybridized carbons (Fsp3) is 0.833. The molecule has 1 atom stereocenters. The first-order valence-corrected chi connectivity index (χ1v) is 3.37. The summed E-state index contributed by atoms with van der Waals surface area (Å²) in [6, 6.07) is 0. The summed E-state index contributed by atoms with van der Waals surface area (Å²) in [4.78, 5) is 9.99. The number of carboxylic acids is 1. The lowest BCUT2D eigenvalue weighted by atomic mass is 10.3. The van der Waals surface area contributed by atoms with Crippen molar-refractivity contribution in [2.24, 2.45) is 5.73 Å². The van der Waals surface area contributed by atoms with Crippen LogP contribution in [0.4, 0.5) is 0 Å². The van der Waals surface area contributed by atoms with Crippen molar-refractivity contribution in [2.75, 3.05) is 6.54 Å². The lowest BCUT2D eigenvalue weighted by molar-refractivity contribution is -0.136. The summed E-state index contributed by atoms with van der Waals surface area (Å²) in [6.07, 6.45) is 1.60. The zero-order chi connectivity index (χ0) is 7.98. The van der Waals surface area contributed by atoms with Crippen molar-refractivity contribution in [2.45, 2.75) is 25.9 Å². The van der Waals surface area contributed by atoms with Crippen LogP contribution in [-0.2, 0) is 4.79 Å². The minimum absolute atomic E-state index is 0.0544. The van der Waals surface area contributed by atoms with Crippen molar-refractivity contribution >= 4 is 5.97 Å². The van der Waals surface area contributed by atoms with Gasteiger partial charge in [-0.1, -0.05) is 13.3 Å². The molecule has 0 aromatic heterocycles. The highest BCUT2D eigenvalue weighted by molar-refractivity contribution is 5.69. The summed E-state index contributed by atoms with van der Waals surface area (Å²) < 4.78 is 0. The first-order chi connectivity index (χ1) is 4.66. The molecular formula is C6H14N2O2. The second-order valence-corrected chi connectivity index (χ2v) is 2.17. The highest BCUT2D eigenvalue weighted by atomic mass is 16.4. The van der Waals surface area contributed by atoms with E-state index in [0.717, 1.165) is 12.8 Å². The Morgan fingerprint density at radius 1 is 1.80 bits per heavy atom. The standard InChI is InChI=1S/C6H14N2O2/c1-2-3-5(7)8-4-6(9)10/h5,8H,2-4,7H2,1H3,(H,9,10). The van der Waals surface area contributed by atoms with E-state index in [9.17, 15) is 4.79 Å². The van der Waals surface area contributed by atoms with Crippen molar-refractivity contribution in [3.05, 3.63) is 0 Å². The maximum atomic E-state index is 9.99. The summed E-state index contributed by atoms with van der Waals surface area (Å²) in [5.74, 6) is -0.869. The molecular weight excluding hydrogens is 132 g/mol. The van der Waals surface area contributed by atoms with E-state index in [4.69, 9.17) is 10.8 Å². The van der Waals surface area contributed by atoms with Crippen LogP contribution in [-0.4, -0.2) is 23.8 Å². The maximum Gasteiger partial charge on any atom is 0.317 e. The van der Waals surface area contributed by atoms with Gasteiger partial charge in [-0.25, -0.2) is 0 Å². The molecule has 4 N–H and O–H groups in total. The number of hydrogen-bond donors (Lipinski definition) is 3. The number of nitrogens with two attached hydrogens (primary N) is 1. The Balaban J connectivity index is 3.21. The molecule has 0 aliphatic rings. The molecule has 4 nitrogen and oxygen atoms in total. The number of aliphatic carboxylic acids is 1. The predicted molar refractivity (Wildman–Crippen MR) is 38.5 cm³/mol. The van der Waals surface area contributed by atoms with E-state index in [2.05, 4.69) is 5.32 Å². The molecule has 10 heavy (non-hydrogen) atoms. The quantitative estimate of drug-likeness (QED) is 0.467. The van der Waals surface area contributed by atoms with Crippen LogP contribution < -0.4 is 11.1 Å². The van der Waals surface area contributed by atoms with Crippen LogP contribution in [0.2, 0.25) is 0 Å². The topological polar surface area (TPSA) is 75.3 Å². The SMILES string of the molecule is CCCC(N)NCC(=O)O. The third kappa shape index (κ3) is 5.53. The first-order valence-electron chi connectivity index (χ1n) is 3.37. The largest absolute Gasteiger partial charge is 0.480 e. The first kappa shape index (κ1) is 9.39. The average Bonchev–Trinajstić information content (AvgIpc) is 1.85. The van der Waals surface area contributed by atoms with Crippen molar-refractivity contribution in [3.8, 4) is 0 Å². The predicted octanol–water partition coefficient (Wildman–Crippen LogP) is -0.254. The highest BCUT2D eigenvalue weighted by Crippen LogP contribution is 1.87. The summed E-state index contributed by atoms with van der Waals surface area (Å²) >= 11 is 0. The van der Waals surface area contributed by atoms with Gasteiger partial charge in [0.05, 0.1) is 12.7 Å². The number of rotatable bonds is 5. The van der Waals surface area contributed by atoms with Crippen LogP contribution in [0.15, 0.2) is 0 Å². The van der Waals surface area contributed by atoms with Crippen LogP contribution >= 0.6 is 0 Å². The maximum absolute atomic E-state index is 9.99. The lowest BCUT2D eigenvalue weighted by Crippen LogP contribution is -2.40. The van der Waals surface area contributed by atoms with Crippen molar-refractivity contribution in [3.63, 3.8) is 0 Å². The third-order valence-electron chi connectivity index (χ3n) is 1.12. The van der Waals surface area contributed by atoms with E-state index in [-0.39, 0.29) is 12.7 Å². The number of hydrogen-bond acceptors (Lipinski definition) is 3. The fourth-order valence-corrected chi connectivity index (χ4v) is 0.631. The van der Waals surface area contributed by atoms with Gasteiger partial charge in [-0.05, 0) is 6.42 Å². The van der Waals surface area contributed by atoms with E-state index < -0.39 is 5.97 Å². The summed E-state index contributed by atoms with van der Waals surface area (Å²) in [7, 11) is 0. The van der Waals surface area contributed by atoms with E-state index >= 15 is 0 Å². The molecule has 0 spiro atoms. The zero-order valence-corrected chi connectivity index (χ0v) is 6.13. The normalized spacial score (nSPS) is 13.0. The van der Waals surface area contributed by atoms with E-state index in [1.807, 2.05) is 6.92 Å². The van der Waals surface area contributed by atoms with Gasteiger partial charge in [-0.3, -0.25) is 10.1 Å². The van der Waals surface area contributed by atoms with Gasteiger partial charge < -0.3 is 10.8 Å². The van der Waals surface area contributed by atoms with Gasteiger partial charge in [0.1, 0.15) is 0 Å². The molecule has 4 heteroatoms. The fourth-order valence-electron chi connectivity index (χ4n) is 0.631. The summed E-state index contributed by atoms with van der Waals surface area (Å²) in [5.41, 5.74) is 5.46. The van der Waals surface area contributed by atoms with Gasteiger partial charge >= 0.3 is 5.97 Å². The Hall–Kier alpha value is -0.610. The molecule has 0 saturated heterocycles.